The van der Waals surface area contributed by atoms with Gasteiger partial charge in [0.2, 0.25) is 0 Å². The van der Waals surface area contributed by atoms with Crippen LogP contribution in [-0.4, -0.2) is 37.7 Å². The highest BCUT2D eigenvalue weighted by molar-refractivity contribution is 5.99. The molecule has 4 nitrogen and oxygen atoms in total. The minimum atomic E-state index is 0.708. The molecule has 0 bridgehead atoms. The van der Waals surface area contributed by atoms with Crippen molar-refractivity contribution >= 4 is 22.1 Å². The van der Waals surface area contributed by atoms with Gasteiger partial charge in [0.25, 0.3) is 0 Å². The number of benzene rings is 2. The second kappa shape index (κ2) is 5.69. The molecule has 0 aromatic heterocycles. The summed E-state index contributed by atoms with van der Waals surface area (Å²) in [6, 6.07) is 10.3. The molecule has 0 saturated carbocycles. The van der Waals surface area contributed by atoms with E-state index in [1.807, 2.05) is 18.2 Å². The molecule has 0 aliphatic carbocycles. The third-order valence-corrected chi connectivity index (χ3v) is 4.02. The van der Waals surface area contributed by atoms with Crippen molar-refractivity contribution in [3.05, 3.63) is 35.9 Å². The molecule has 1 aliphatic heterocycles. The molecule has 1 saturated heterocycles. The van der Waals surface area contributed by atoms with Crippen LogP contribution < -0.4 is 11.5 Å². The lowest BCUT2D eigenvalue weighted by atomic mass is 10.0. The van der Waals surface area contributed by atoms with E-state index in [1.54, 1.807) is 0 Å². The van der Waals surface area contributed by atoms with E-state index in [0.717, 1.165) is 61.3 Å². The first-order valence-electron chi connectivity index (χ1n) is 7.11. The molecule has 1 heterocycles. The van der Waals surface area contributed by atoms with Crippen LogP contribution in [0.25, 0.3) is 10.8 Å². The van der Waals surface area contributed by atoms with Crippen LogP contribution in [0.3, 0.4) is 0 Å². The van der Waals surface area contributed by atoms with Crippen molar-refractivity contribution in [1.29, 1.82) is 0 Å². The molecule has 20 heavy (non-hydrogen) atoms. The normalized spacial score (nSPS) is 16.6. The Morgan fingerprint density at radius 2 is 1.80 bits per heavy atom. The maximum absolute atomic E-state index is 6.20. The summed E-state index contributed by atoms with van der Waals surface area (Å²) in [5.74, 6) is 0. The Labute approximate surface area is 119 Å². The third kappa shape index (κ3) is 2.57. The Hall–Kier alpha value is -1.78. The van der Waals surface area contributed by atoms with E-state index in [4.69, 9.17) is 16.2 Å². The number of hydrogen-bond acceptors (Lipinski definition) is 4. The zero-order chi connectivity index (χ0) is 13.9. The average molecular weight is 271 g/mol. The number of nitrogen functional groups attached to an aromatic ring is 2. The molecule has 1 fully saturated rings. The molecule has 4 N–H and O–H groups in total. The number of ether oxygens (including phenoxy) is 1. The molecule has 1 aliphatic rings. The summed E-state index contributed by atoms with van der Waals surface area (Å²) in [7, 11) is 0. The fourth-order valence-electron chi connectivity index (χ4n) is 2.76. The summed E-state index contributed by atoms with van der Waals surface area (Å²) in [5, 5.41) is 2.20. The van der Waals surface area contributed by atoms with Crippen LogP contribution in [0.4, 0.5) is 11.4 Å². The first kappa shape index (κ1) is 13.2. The van der Waals surface area contributed by atoms with Crippen molar-refractivity contribution in [3.63, 3.8) is 0 Å². The van der Waals surface area contributed by atoms with Crippen molar-refractivity contribution < 1.29 is 4.74 Å². The van der Waals surface area contributed by atoms with Gasteiger partial charge in [0.15, 0.2) is 0 Å². The highest BCUT2D eigenvalue weighted by Gasteiger charge is 2.12. The molecular formula is C16H21N3O. The summed E-state index contributed by atoms with van der Waals surface area (Å²) >= 11 is 0. The lowest BCUT2D eigenvalue weighted by molar-refractivity contribution is 0.0384. The molecule has 106 valence electrons. The number of fused-ring (bicyclic) bond motifs is 1. The van der Waals surface area contributed by atoms with Gasteiger partial charge in [-0.05, 0) is 23.4 Å². The maximum atomic E-state index is 6.20. The SMILES string of the molecule is Nc1c(CCN2CCOCC2)cc2ccccc2c1N. The number of rotatable bonds is 3. The predicted octanol–water partition coefficient (Wildman–Crippen LogP) is 1.88. The van der Waals surface area contributed by atoms with Crippen LogP contribution in [0.2, 0.25) is 0 Å². The molecule has 3 rings (SSSR count). The van der Waals surface area contributed by atoms with Crippen LogP contribution in [0.5, 0.6) is 0 Å². The lowest BCUT2D eigenvalue weighted by Crippen LogP contribution is -2.37. The van der Waals surface area contributed by atoms with Crippen molar-refractivity contribution in [2.45, 2.75) is 6.42 Å². The lowest BCUT2D eigenvalue weighted by Gasteiger charge is -2.26. The van der Waals surface area contributed by atoms with Gasteiger partial charge in [-0.3, -0.25) is 4.90 Å². The quantitative estimate of drug-likeness (QED) is 0.837. The van der Waals surface area contributed by atoms with Crippen molar-refractivity contribution in [3.8, 4) is 0 Å². The number of anilines is 2. The predicted molar refractivity (Wildman–Crippen MR) is 83.7 cm³/mol. The van der Waals surface area contributed by atoms with E-state index in [9.17, 15) is 0 Å². The van der Waals surface area contributed by atoms with Gasteiger partial charge < -0.3 is 16.2 Å². The summed E-state index contributed by atoms with van der Waals surface area (Å²) in [6.07, 6.45) is 0.931. The minimum Gasteiger partial charge on any atom is -0.397 e. The summed E-state index contributed by atoms with van der Waals surface area (Å²) < 4.78 is 5.37. The van der Waals surface area contributed by atoms with Crippen LogP contribution in [0.15, 0.2) is 30.3 Å². The smallest absolute Gasteiger partial charge is 0.0630 e. The second-order valence-electron chi connectivity index (χ2n) is 5.29. The molecule has 4 heteroatoms. The maximum Gasteiger partial charge on any atom is 0.0630 e. The van der Waals surface area contributed by atoms with Gasteiger partial charge in [-0.1, -0.05) is 24.3 Å². The van der Waals surface area contributed by atoms with Crippen molar-refractivity contribution in [2.75, 3.05) is 44.3 Å². The molecule has 2 aromatic carbocycles. The zero-order valence-electron chi connectivity index (χ0n) is 11.6. The molecular weight excluding hydrogens is 250 g/mol. The highest BCUT2D eigenvalue weighted by Crippen LogP contribution is 2.30. The largest absolute Gasteiger partial charge is 0.397 e. The molecule has 0 atom stereocenters. The molecule has 0 spiro atoms. The van der Waals surface area contributed by atoms with E-state index in [2.05, 4.69) is 17.0 Å². The number of hydrogen-bond donors (Lipinski definition) is 2. The Bertz CT molecular complexity index is 606. The van der Waals surface area contributed by atoms with Gasteiger partial charge in [0.1, 0.15) is 0 Å². The Morgan fingerprint density at radius 1 is 1.05 bits per heavy atom. The van der Waals surface area contributed by atoms with E-state index < -0.39 is 0 Å². The first-order valence-corrected chi connectivity index (χ1v) is 7.11. The van der Waals surface area contributed by atoms with E-state index >= 15 is 0 Å². The van der Waals surface area contributed by atoms with E-state index in [-0.39, 0.29) is 0 Å². The Kier molecular flexibility index (Phi) is 3.76. The third-order valence-electron chi connectivity index (χ3n) is 4.02. The number of morpholine rings is 1. The fraction of sp³-hybridized carbons (Fsp3) is 0.375. The number of nitrogens with two attached hydrogens (primary N) is 2. The standard InChI is InChI=1S/C16H21N3O/c17-15-13(5-6-19-7-9-20-10-8-19)11-12-3-1-2-4-14(12)16(15)18/h1-4,11H,5-10,17-18H2. The topological polar surface area (TPSA) is 64.5 Å². The van der Waals surface area contributed by atoms with Gasteiger partial charge in [-0.2, -0.15) is 0 Å². The van der Waals surface area contributed by atoms with Gasteiger partial charge in [-0.25, -0.2) is 0 Å². The van der Waals surface area contributed by atoms with Crippen LogP contribution in [0, 0.1) is 0 Å². The Morgan fingerprint density at radius 3 is 2.60 bits per heavy atom. The van der Waals surface area contributed by atoms with Gasteiger partial charge in [-0.15, -0.1) is 0 Å². The fourth-order valence-corrected chi connectivity index (χ4v) is 2.76. The van der Waals surface area contributed by atoms with E-state index in [0.29, 0.717) is 5.69 Å². The summed E-state index contributed by atoms with van der Waals surface area (Å²) in [4.78, 5) is 2.41. The van der Waals surface area contributed by atoms with Crippen LogP contribution in [-0.2, 0) is 11.2 Å². The minimum absolute atomic E-state index is 0.708. The van der Waals surface area contributed by atoms with Gasteiger partial charge >= 0.3 is 0 Å². The second-order valence-corrected chi connectivity index (χ2v) is 5.29. The van der Waals surface area contributed by atoms with Crippen molar-refractivity contribution in [1.82, 2.24) is 4.90 Å². The van der Waals surface area contributed by atoms with E-state index in [1.165, 1.54) is 0 Å². The Balaban J connectivity index is 1.82. The summed E-state index contributed by atoms with van der Waals surface area (Å²) in [5.41, 5.74) is 15.0. The molecule has 0 unspecified atom stereocenters. The van der Waals surface area contributed by atoms with Crippen molar-refractivity contribution in [2.24, 2.45) is 0 Å². The molecule has 2 aromatic rings. The van der Waals surface area contributed by atoms with Crippen LogP contribution in [0.1, 0.15) is 5.56 Å². The molecule has 0 radical (unpaired) electrons. The van der Waals surface area contributed by atoms with Gasteiger partial charge in [0, 0.05) is 25.0 Å². The first-order chi connectivity index (χ1) is 9.75. The highest BCUT2D eigenvalue weighted by atomic mass is 16.5. The molecule has 0 amide bonds. The van der Waals surface area contributed by atoms with Gasteiger partial charge in [0.05, 0.1) is 24.6 Å². The summed E-state index contributed by atoms with van der Waals surface area (Å²) in [6.45, 7) is 4.67. The number of nitrogens with zero attached hydrogens (tertiary/aromatic N) is 1. The zero-order valence-corrected chi connectivity index (χ0v) is 11.6. The monoisotopic (exact) mass is 271 g/mol. The van der Waals surface area contributed by atoms with Crippen LogP contribution >= 0.6 is 0 Å². The average Bonchev–Trinajstić information content (AvgIpc) is 2.50.